The number of amides is 1. The van der Waals surface area contributed by atoms with Gasteiger partial charge in [0.2, 0.25) is 0 Å². The zero-order chi connectivity index (χ0) is 15.0. The molecule has 0 aliphatic carbocycles. The Balaban J connectivity index is 1.87. The highest BCUT2D eigenvalue weighted by Gasteiger charge is 2.18. The van der Waals surface area contributed by atoms with E-state index in [1.54, 1.807) is 6.07 Å². The molecule has 1 atom stereocenters. The number of benzene rings is 1. The number of nitrogens with one attached hydrogen (secondary N) is 2. The molecule has 6 nitrogen and oxygen atoms in total. The predicted octanol–water partition coefficient (Wildman–Crippen LogP) is 2.66. The van der Waals surface area contributed by atoms with E-state index in [0.717, 1.165) is 17.0 Å². The number of H-pyrrole nitrogens is 1. The Morgan fingerprint density at radius 3 is 2.90 bits per heavy atom. The molecule has 2 N–H and O–H groups in total. The molecule has 3 rings (SSSR count). The molecule has 6 heteroatoms. The fourth-order valence-electron chi connectivity index (χ4n) is 2.26. The van der Waals surface area contributed by atoms with E-state index in [1.165, 1.54) is 0 Å². The van der Waals surface area contributed by atoms with Gasteiger partial charge in [-0.25, -0.2) is 4.98 Å². The summed E-state index contributed by atoms with van der Waals surface area (Å²) in [6, 6.07) is 7.14. The maximum absolute atomic E-state index is 12.4. The van der Waals surface area contributed by atoms with Crippen molar-refractivity contribution in [3.8, 4) is 0 Å². The molecule has 0 saturated heterocycles. The van der Waals surface area contributed by atoms with Crippen LogP contribution in [-0.2, 0) is 0 Å². The summed E-state index contributed by atoms with van der Waals surface area (Å²) in [6.07, 6.45) is 0. The summed E-state index contributed by atoms with van der Waals surface area (Å²) in [5.41, 5.74) is 1.12. The van der Waals surface area contributed by atoms with Gasteiger partial charge < -0.3 is 9.73 Å². The molecule has 1 amide bonds. The summed E-state index contributed by atoms with van der Waals surface area (Å²) < 4.78 is 5.61. The lowest BCUT2D eigenvalue weighted by Gasteiger charge is -2.10. The molecule has 0 unspecified atom stereocenters. The van der Waals surface area contributed by atoms with E-state index in [4.69, 9.17) is 4.42 Å². The Kier molecular flexibility index (Phi) is 3.21. The number of carbonyl (C=O) groups excluding carboxylic acids is 1. The first-order valence-electron chi connectivity index (χ1n) is 6.73. The van der Waals surface area contributed by atoms with Gasteiger partial charge in [0, 0.05) is 5.39 Å². The van der Waals surface area contributed by atoms with E-state index < -0.39 is 0 Å². The van der Waals surface area contributed by atoms with Crippen molar-refractivity contribution in [3.05, 3.63) is 47.2 Å². The maximum Gasteiger partial charge on any atom is 0.255 e. The summed E-state index contributed by atoms with van der Waals surface area (Å²) in [7, 11) is 0. The third kappa shape index (κ3) is 2.52. The lowest BCUT2D eigenvalue weighted by molar-refractivity contribution is 0.0939. The first-order valence-corrected chi connectivity index (χ1v) is 6.73. The van der Waals surface area contributed by atoms with Crippen LogP contribution in [0.3, 0.4) is 0 Å². The second kappa shape index (κ2) is 5.05. The fraction of sp³-hybridized carbons (Fsp3) is 0.267. The Bertz CT molecular complexity index is 803. The van der Waals surface area contributed by atoms with Crippen LogP contribution < -0.4 is 5.32 Å². The van der Waals surface area contributed by atoms with Crippen LogP contribution >= 0.6 is 0 Å². The number of carbonyl (C=O) groups is 1. The number of hydrogen-bond acceptors (Lipinski definition) is 4. The summed E-state index contributed by atoms with van der Waals surface area (Å²) in [6.45, 7) is 5.52. The highest BCUT2D eigenvalue weighted by atomic mass is 16.3. The zero-order valence-electron chi connectivity index (χ0n) is 12.1. The standard InChI is InChI=1S/C15H16N4O2/c1-8-7-11-5-4-6-12(13(11)21-8)15(20)16-9(2)14-17-10(3)18-19-14/h4-7,9H,1-3H3,(H,16,20)(H,17,18,19)/t9-/m1/s1. The van der Waals surface area contributed by atoms with Gasteiger partial charge >= 0.3 is 0 Å². The Morgan fingerprint density at radius 1 is 1.38 bits per heavy atom. The molecule has 0 aliphatic heterocycles. The van der Waals surface area contributed by atoms with Crippen LogP contribution in [0.25, 0.3) is 11.0 Å². The Labute approximate surface area is 121 Å². The van der Waals surface area contributed by atoms with E-state index in [9.17, 15) is 4.79 Å². The van der Waals surface area contributed by atoms with Crippen LogP contribution in [0.5, 0.6) is 0 Å². The largest absolute Gasteiger partial charge is 0.461 e. The van der Waals surface area contributed by atoms with Crippen LogP contribution in [-0.4, -0.2) is 21.1 Å². The monoisotopic (exact) mass is 284 g/mol. The molecular formula is C15H16N4O2. The normalized spacial score (nSPS) is 12.5. The SMILES string of the molecule is Cc1nc([C@@H](C)NC(=O)c2cccc3cc(C)oc23)n[nH]1. The van der Waals surface area contributed by atoms with E-state index >= 15 is 0 Å². The van der Waals surface area contributed by atoms with Crippen molar-refractivity contribution in [2.45, 2.75) is 26.8 Å². The topological polar surface area (TPSA) is 83.8 Å². The Morgan fingerprint density at radius 2 is 2.19 bits per heavy atom. The van der Waals surface area contributed by atoms with Crippen molar-refractivity contribution >= 4 is 16.9 Å². The molecule has 3 aromatic rings. The molecule has 0 bridgehead atoms. The summed E-state index contributed by atoms with van der Waals surface area (Å²) in [5.74, 6) is 1.85. The minimum absolute atomic E-state index is 0.204. The third-order valence-electron chi connectivity index (χ3n) is 3.26. The second-order valence-electron chi connectivity index (χ2n) is 5.06. The van der Waals surface area contributed by atoms with Gasteiger partial charge in [0.25, 0.3) is 5.91 Å². The molecule has 0 saturated carbocycles. The van der Waals surface area contributed by atoms with E-state index in [-0.39, 0.29) is 11.9 Å². The van der Waals surface area contributed by atoms with Gasteiger partial charge in [-0.3, -0.25) is 9.89 Å². The number of furan rings is 1. The van der Waals surface area contributed by atoms with Gasteiger partial charge in [-0.2, -0.15) is 5.10 Å². The highest BCUT2D eigenvalue weighted by Crippen LogP contribution is 2.23. The predicted molar refractivity (Wildman–Crippen MR) is 78.0 cm³/mol. The lowest BCUT2D eigenvalue weighted by Crippen LogP contribution is -2.27. The van der Waals surface area contributed by atoms with Crippen LogP contribution in [0.4, 0.5) is 0 Å². The number of fused-ring (bicyclic) bond motifs is 1. The van der Waals surface area contributed by atoms with Gasteiger partial charge in [0.05, 0.1) is 11.6 Å². The molecule has 2 aromatic heterocycles. The number of aromatic amines is 1. The first-order chi connectivity index (χ1) is 10.0. The number of aryl methyl sites for hydroxylation is 2. The van der Waals surface area contributed by atoms with Crippen molar-refractivity contribution < 1.29 is 9.21 Å². The molecule has 0 radical (unpaired) electrons. The third-order valence-corrected chi connectivity index (χ3v) is 3.26. The highest BCUT2D eigenvalue weighted by molar-refractivity contribution is 6.05. The van der Waals surface area contributed by atoms with E-state index in [1.807, 2.05) is 39.0 Å². The molecule has 0 fully saturated rings. The smallest absolute Gasteiger partial charge is 0.255 e. The molecule has 2 heterocycles. The quantitative estimate of drug-likeness (QED) is 0.774. The summed E-state index contributed by atoms with van der Waals surface area (Å²) >= 11 is 0. The van der Waals surface area contributed by atoms with Gasteiger partial charge in [0.1, 0.15) is 17.2 Å². The van der Waals surface area contributed by atoms with Crippen molar-refractivity contribution in [2.24, 2.45) is 0 Å². The summed E-state index contributed by atoms with van der Waals surface area (Å²) in [4.78, 5) is 16.6. The first kappa shape index (κ1) is 13.4. The van der Waals surface area contributed by atoms with Gasteiger partial charge in [0.15, 0.2) is 5.82 Å². The van der Waals surface area contributed by atoms with Gasteiger partial charge in [-0.1, -0.05) is 12.1 Å². The minimum Gasteiger partial charge on any atom is -0.461 e. The van der Waals surface area contributed by atoms with Crippen LogP contribution in [0.2, 0.25) is 0 Å². The summed E-state index contributed by atoms with van der Waals surface area (Å²) in [5, 5.41) is 10.6. The number of para-hydroxylation sites is 1. The fourth-order valence-corrected chi connectivity index (χ4v) is 2.26. The van der Waals surface area contributed by atoms with E-state index in [2.05, 4.69) is 20.5 Å². The van der Waals surface area contributed by atoms with Gasteiger partial charge in [-0.15, -0.1) is 0 Å². The van der Waals surface area contributed by atoms with Crippen LogP contribution in [0, 0.1) is 13.8 Å². The van der Waals surface area contributed by atoms with Crippen molar-refractivity contribution in [1.29, 1.82) is 0 Å². The lowest BCUT2D eigenvalue weighted by atomic mass is 10.1. The van der Waals surface area contributed by atoms with Crippen LogP contribution in [0.15, 0.2) is 28.7 Å². The number of rotatable bonds is 3. The second-order valence-corrected chi connectivity index (χ2v) is 5.06. The molecule has 0 aliphatic rings. The van der Waals surface area contributed by atoms with Crippen LogP contribution in [0.1, 0.15) is 40.7 Å². The average molecular weight is 284 g/mol. The number of aromatic nitrogens is 3. The average Bonchev–Trinajstić information content (AvgIpc) is 3.02. The zero-order valence-corrected chi connectivity index (χ0v) is 12.1. The molecule has 21 heavy (non-hydrogen) atoms. The molecule has 0 spiro atoms. The van der Waals surface area contributed by atoms with E-state index in [0.29, 0.717) is 17.0 Å². The maximum atomic E-state index is 12.4. The molecular weight excluding hydrogens is 268 g/mol. The Hall–Kier alpha value is -2.63. The van der Waals surface area contributed by atoms with Crippen molar-refractivity contribution in [2.75, 3.05) is 0 Å². The van der Waals surface area contributed by atoms with Crippen molar-refractivity contribution in [1.82, 2.24) is 20.5 Å². The number of nitrogens with zero attached hydrogens (tertiary/aromatic N) is 2. The van der Waals surface area contributed by atoms with Gasteiger partial charge in [-0.05, 0) is 32.9 Å². The minimum atomic E-state index is -0.284. The number of hydrogen-bond donors (Lipinski definition) is 2. The molecule has 108 valence electrons. The molecule has 1 aromatic carbocycles. The van der Waals surface area contributed by atoms with Crippen molar-refractivity contribution in [3.63, 3.8) is 0 Å².